The number of fused-ring (bicyclic) bond motifs is 1. The number of carbonyl (C=O) groups excluding carboxylic acids is 2. The zero-order valence-electron chi connectivity index (χ0n) is 17.3. The van der Waals surface area contributed by atoms with Crippen molar-refractivity contribution >= 4 is 34.8 Å². The fraction of sp³-hybridized carbons (Fsp3) is 0.167. The van der Waals surface area contributed by atoms with E-state index in [1.165, 1.54) is 42.5 Å². The van der Waals surface area contributed by atoms with Gasteiger partial charge in [-0.05, 0) is 66.2 Å². The predicted molar refractivity (Wildman–Crippen MR) is 119 cm³/mol. The van der Waals surface area contributed by atoms with Crippen molar-refractivity contribution in [2.45, 2.75) is 12.1 Å². The second kappa shape index (κ2) is 8.06. The molecule has 2 fully saturated rings. The number of phenolic OH excluding ortho intramolecular Hbond substituents is 1. The number of hydrogen-bond donors (Lipinski definition) is 1. The predicted octanol–water partition coefficient (Wildman–Crippen LogP) is 4.24. The Bertz CT molecular complexity index is 1230. The summed E-state index contributed by atoms with van der Waals surface area (Å²) >= 11 is 6.02. The average Bonchev–Trinajstić information content (AvgIpc) is 3.32. The van der Waals surface area contributed by atoms with Gasteiger partial charge < -0.3 is 9.84 Å². The smallest absolute Gasteiger partial charge is 0.266 e. The number of phenols is 1. The summed E-state index contributed by atoms with van der Waals surface area (Å²) in [6, 6.07) is 15.9. The number of benzene rings is 3. The normalized spacial score (nSPS) is 22.1. The number of methoxy groups -OCH3 is 1. The summed E-state index contributed by atoms with van der Waals surface area (Å²) in [6.45, 7) is 0. The quantitative estimate of drug-likeness (QED) is 0.577. The van der Waals surface area contributed by atoms with Gasteiger partial charge in [0, 0.05) is 5.02 Å². The molecule has 2 saturated heterocycles. The van der Waals surface area contributed by atoms with E-state index in [0.29, 0.717) is 16.3 Å². The Morgan fingerprint density at radius 2 is 1.64 bits per heavy atom. The van der Waals surface area contributed by atoms with Crippen LogP contribution in [0.1, 0.15) is 11.6 Å². The lowest BCUT2D eigenvalue weighted by molar-refractivity contribution is -0.126. The number of imide groups is 1. The minimum absolute atomic E-state index is 0.0588. The van der Waals surface area contributed by atoms with Crippen LogP contribution in [0.4, 0.5) is 15.8 Å². The van der Waals surface area contributed by atoms with Crippen LogP contribution < -0.4 is 14.7 Å². The van der Waals surface area contributed by atoms with E-state index in [-0.39, 0.29) is 17.2 Å². The standard InChI is InChI=1S/C24H18ClFN2O5/c1-32-19-12-13(2-11-18(19)29)21-20-22(33-28(21)17-7-3-14(25)4-8-17)24(31)27(23(20)30)16-9-5-15(26)6-10-16/h2-12,20-22,29H,1H3. The number of aromatic hydroxyl groups is 1. The van der Waals surface area contributed by atoms with Crippen molar-refractivity contribution in [1.29, 1.82) is 0 Å². The van der Waals surface area contributed by atoms with Gasteiger partial charge in [-0.3, -0.25) is 14.4 Å². The van der Waals surface area contributed by atoms with Gasteiger partial charge in [0.15, 0.2) is 17.6 Å². The van der Waals surface area contributed by atoms with E-state index in [1.54, 1.807) is 36.4 Å². The van der Waals surface area contributed by atoms with Crippen LogP contribution >= 0.6 is 11.6 Å². The molecule has 3 aromatic carbocycles. The number of hydroxylamine groups is 1. The zero-order valence-corrected chi connectivity index (χ0v) is 18.1. The molecule has 5 rings (SSSR count). The van der Waals surface area contributed by atoms with Crippen molar-refractivity contribution in [3.05, 3.63) is 83.1 Å². The van der Waals surface area contributed by atoms with Crippen LogP contribution in [0.25, 0.3) is 0 Å². The zero-order chi connectivity index (χ0) is 23.3. The molecule has 0 bridgehead atoms. The van der Waals surface area contributed by atoms with Gasteiger partial charge in [0.25, 0.3) is 5.91 Å². The van der Waals surface area contributed by atoms with Gasteiger partial charge in [-0.1, -0.05) is 17.7 Å². The van der Waals surface area contributed by atoms with E-state index in [1.807, 2.05) is 0 Å². The summed E-state index contributed by atoms with van der Waals surface area (Å²) in [5, 5.41) is 12.1. The first kappa shape index (κ1) is 21.2. The third kappa shape index (κ3) is 3.48. The molecule has 2 aliphatic heterocycles. The number of hydrogen-bond acceptors (Lipinski definition) is 6. The highest BCUT2D eigenvalue weighted by Gasteiger charge is 2.60. The highest BCUT2D eigenvalue weighted by molar-refractivity contribution is 6.30. The van der Waals surface area contributed by atoms with Crippen LogP contribution in [0.2, 0.25) is 5.02 Å². The van der Waals surface area contributed by atoms with E-state index in [0.717, 1.165) is 4.90 Å². The van der Waals surface area contributed by atoms with Crippen molar-refractivity contribution in [2.75, 3.05) is 17.1 Å². The topological polar surface area (TPSA) is 79.3 Å². The minimum Gasteiger partial charge on any atom is -0.504 e. The van der Waals surface area contributed by atoms with E-state index < -0.39 is 35.7 Å². The highest BCUT2D eigenvalue weighted by atomic mass is 35.5. The van der Waals surface area contributed by atoms with Crippen LogP contribution in [0.15, 0.2) is 66.7 Å². The number of amides is 2. The Morgan fingerprint density at radius 1 is 0.970 bits per heavy atom. The molecule has 2 amide bonds. The lowest BCUT2D eigenvalue weighted by Gasteiger charge is -2.29. The van der Waals surface area contributed by atoms with Crippen molar-refractivity contribution < 1.29 is 28.7 Å². The SMILES string of the molecule is COc1cc(C2C3C(=O)N(c4ccc(F)cc4)C(=O)C3ON2c2ccc(Cl)cc2)ccc1O. The maximum Gasteiger partial charge on any atom is 0.266 e. The molecular weight excluding hydrogens is 451 g/mol. The fourth-order valence-corrected chi connectivity index (χ4v) is 4.41. The van der Waals surface area contributed by atoms with Gasteiger partial charge in [-0.2, -0.15) is 0 Å². The van der Waals surface area contributed by atoms with E-state index in [9.17, 15) is 19.1 Å². The molecule has 3 unspecified atom stereocenters. The van der Waals surface area contributed by atoms with Gasteiger partial charge in [-0.15, -0.1) is 0 Å². The van der Waals surface area contributed by atoms with Crippen LogP contribution in [0.3, 0.4) is 0 Å². The summed E-state index contributed by atoms with van der Waals surface area (Å²) in [5.41, 5.74) is 1.47. The van der Waals surface area contributed by atoms with Gasteiger partial charge in [0.2, 0.25) is 5.91 Å². The number of halogens is 2. The van der Waals surface area contributed by atoms with Crippen molar-refractivity contribution in [2.24, 2.45) is 5.92 Å². The number of carbonyl (C=O) groups is 2. The highest BCUT2D eigenvalue weighted by Crippen LogP contribution is 2.48. The van der Waals surface area contributed by atoms with Crippen LogP contribution in [0, 0.1) is 11.7 Å². The molecule has 3 aromatic rings. The summed E-state index contributed by atoms with van der Waals surface area (Å²) < 4.78 is 18.6. The number of nitrogens with zero attached hydrogens (tertiary/aromatic N) is 2. The van der Waals surface area contributed by atoms with E-state index in [4.69, 9.17) is 21.2 Å². The summed E-state index contributed by atoms with van der Waals surface area (Å²) in [6.07, 6.45) is -1.08. The van der Waals surface area contributed by atoms with Gasteiger partial charge in [-0.25, -0.2) is 14.4 Å². The van der Waals surface area contributed by atoms with Crippen molar-refractivity contribution in [1.82, 2.24) is 0 Å². The molecule has 168 valence electrons. The Morgan fingerprint density at radius 3 is 2.30 bits per heavy atom. The Balaban J connectivity index is 1.60. The Labute approximate surface area is 193 Å². The molecule has 0 spiro atoms. The number of rotatable bonds is 4. The largest absolute Gasteiger partial charge is 0.504 e. The van der Waals surface area contributed by atoms with Crippen LogP contribution in [-0.4, -0.2) is 30.1 Å². The molecule has 2 aliphatic rings. The molecule has 3 atom stereocenters. The maximum absolute atomic E-state index is 13.5. The number of ether oxygens (including phenoxy) is 1. The molecule has 0 radical (unpaired) electrons. The molecular formula is C24H18ClFN2O5. The fourth-order valence-electron chi connectivity index (χ4n) is 4.29. The minimum atomic E-state index is -1.08. The van der Waals surface area contributed by atoms with Gasteiger partial charge in [0.05, 0.1) is 24.5 Å². The lowest BCUT2D eigenvalue weighted by Crippen LogP contribution is -2.37. The van der Waals surface area contributed by atoms with E-state index >= 15 is 0 Å². The second-order valence-electron chi connectivity index (χ2n) is 7.72. The summed E-state index contributed by atoms with van der Waals surface area (Å²) in [5.74, 6) is -2.20. The van der Waals surface area contributed by atoms with Gasteiger partial charge >= 0.3 is 0 Å². The third-order valence-corrected chi connectivity index (χ3v) is 6.08. The molecule has 0 aromatic heterocycles. The maximum atomic E-state index is 13.5. The molecule has 9 heteroatoms. The third-order valence-electron chi connectivity index (χ3n) is 5.83. The van der Waals surface area contributed by atoms with Gasteiger partial charge in [0.1, 0.15) is 11.7 Å². The Hall–Kier alpha value is -3.62. The number of anilines is 2. The Kier molecular flexibility index (Phi) is 5.19. The lowest BCUT2D eigenvalue weighted by atomic mass is 9.90. The van der Waals surface area contributed by atoms with E-state index in [2.05, 4.69) is 0 Å². The first-order valence-corrected chi connectivity index (χ1v) is 10.5. The molecule has 1 N–H and O–H groups in total. The summed E-state index contributed by atoms with van der Waals surface area (Å²) in [7, 11) is 1.42. The average molecular weight is 469 g/mol. The monoisotopic (exact) mass is 468 g/mol. The first-order valence-electron chi connectivity index (χ1n) is 10.1. The molecule has 33 heavy (non-hydrogen) atoms. The van der Waals surface area contributed by atoms with Crippen molar-refractivity contribution in [3.8, 4) is 11.5 Å². The molecule has 0 saturated carbocycles. The first-order chi connectivity index (χ1) is 15.9. The summed E-state index contributed by atoms with van der Waals surface area (Å²) in [4.78, 5) is 33.8. The molecule has 7 nitrogen and oxygen atoms in total. The second-order valence-corrected chi connectivity index (χ2v) is 8.15. The van der Waals surface area contributed by atoms with Crippen molar-refractivity contribution in [3.63, 3.8) is 0 Å². The molecule has 2 heterocycles. The van der Waals surface area contributed by atoms with Crippen LogP contribution in [0.5, 0.6) is 11.5 Å². The molecule has 0 aliphatic carbocycles. The van der Waals surface area contributed by atoms with Crippen LogP contribution in [-0.2, 0) is 14.4 Å².